The third-order valence-electron chi connectivity index (χ3n) is 2.90. The quantitative estimate of drug-likeness (QED) is 0.459. The maximum absolute atomic E-state index is 12.1. The molecule has 0 atom stereocenters. The number of nitro groups is 1. The number of benzene rings is 1. The van der Waals surface area contributed by atoms with Crippen LogP contribution in [0.15, 0.2) is 18.2 Å². The minimum absolute atomic E-state index is 0.0384. The van der Waals surface area contributed by atoms with Gasteiger partial charge in [-0.3, -0.25) is 19.7 Å². The first-order chi connectivity index (χ1) is 9.13. The maximum Gasteiger partial charge on any atom is 0.280 e. The van der Waals surface area contributed by atoms with Crippen molar-refractivity contribution in [2.24, 2.45) is 0 Å². The van der Waals surface area contributed by atoms with Gasteiger partial charge in [0.2, 0.25) is 0 Å². The van der Waals surface area contributed by atoms with Gasteiger partial charge in [-0.2, -0.15) is 0 Å². The number of carbonyl (C=O) groups excluding carboxylic acids is 2. The van der Waals surface area contributed by atoms with Crippen LogP contribution in [0.5, 0.6) is 0 Å². The van der Waals surface area contributed by atoms with Crippen molar-refractivity contribution in [1.82, 2.24) is 4.90 Å². The Bertz CT molecular complexity index is 523. The number of hydrogen-bond donors (Lipinski definition) is 0. The first kappa shape index (κ1) is 13.2. The molecule has 1 fully saturated rings. The second-order valence-electron chi connectivity index (χ2n) is 4.05. The number of aldehydes is 1. The van der Waals surface area contributed by atoms with Crippen LogP contribution >= 0.6 is 0 Å². The lowest BCUT2D eigenvalue weighted by Gasteiger charge is -2.26. The van der Waals surface area contributed by atoms with E-state index in [0.717, 1.165) is 6.07 Å². The lowest BCUT2D eigenvalue weighted by molar-refractivity contribution is -0.385. The van der Waals surface area contributed by atoms with Crippen LogP contribution in [0.25, 0.3) is 0 Å². The number of carbonyl (C=O) groups is 2. The molecule has 1 aliphatic rings. The summed E-state index contributed by atoms with van der Waals surface area (Å²) in [6, 6.07) is 3.86. The standard InChI is InChI=1S/C12H12N2O5/c15-8-10-2-1-9(7-11(10)14(17)18)12(16)13-3-5-19-6-4-13/h1-2,7-8H,3-6H2. The van der Waals surface area contributed by atoms with Crippen molar-refractivity contribution < 1.29 is 19.2 Å². The summed E-state index contributed by atoms with van der Waals surface area (Å²) < 4.78 is 5.14. The molecule has 0 N–H and O–H groups in total. The molecule has 1 aromatic rings. The molecule has 0 bridgehead atoms. The van der Waals surface area contributed by atoms with E-state index in [1.807, 2.05) is 0 Å². The number of rotatable bonds is 3. The fourth-order valence-electron chi connectivity index (χ4n) is 1.88. The Morgan fingerprint density at radius 3 is 2.63 bits per heavy atom. The predicted molar refractivity (Wildman–Crippen MR) is 65.2 cm³/mol. The molecule has 100 valence electrons. The van der Waals surface area contributed by atoms with Crippen LogP contribution in [0.3, 0.4) is 0 Å². The molecule has 0 unspecified atom stereocenters. The van der Waals surface area contributed by atoms with Crippen LogP contribution in [0, 0.1) is 10.1 Å². The van der Waals surface area contributed by atoms with Crippen LogP contribution in [0.4, 0.5) is 5.69 Å². The highest BCUT2D eigenvalue weighted by Gasteiger charge is 2.22. The lowest BCUT2D eigenvalue weighted by Crippen LogP contribution is -2.40. The van der Waals surface area contributed by atoms with Crippen LogP contribution in [-0.2, 0) is 4.74 Å². The van der Waals surface area contributed by atoms with Crippen molar-refractivity contribution in [3.8, 4) is 0 Å². The Morgan fingerprint density at radius 1 is 1.37 bits per heavy atom. The van der Waals surface area contributed by atoms with E-state index in [4.69, 9.17) is 4.74 Å². The summed E-state index contributed by atoms with van der Waals surface area (Å²) in [5, 5.41) is 10.8. The van der Waals surface area contributed by atoms with E-state index >= 15 is 0 Å². The second-order valence-corrected chi connectivity index (χ2v) is 4.05. The highest BCUT2D eigenvalue weighted by molar-refractivity contribution is 5.96. The predicted octanol–water partition coefficient (Wildman–Crippen LogP) is 0.880. The van der Waals surface area contributed by atoms with Gasteiger partial charge in [0.25, 0.3) is 11.6 Å². The molecule has 19 heavy (non-hydrogen) atoms. The summed E-state index contributed by atoms with van der Waals surface area (Å²) in [7, 11) is 0. The molecule has 1 saturated heterocycles. The average Bonchev–Trinajstić information content (AvgIpc) is 2.46. The van der Waals surface area contributed by atoms with E-state index in [1.165, 1.54) is 12.1 Å². The minimum atomic E-state index is -0.667. The Hall–Kier alpha value is -2.28. The largest absolute Gasteiger partial charge is 0.378 e. The third-order valence-corrected chi connectivity index (χ3v) is 2.90. The number of ether oxygens (including phenoxy) is 1. The van der Waals surface area contributed by atoms with E-state index in [0.29, 0.717) is 32.6 Å². The highest BCUT2D eigenvalue weighted by atomic mass is 16.6. The summed E-state index contributed by atoms with van der Waals surface area (Å²) in [6.07, 6.45) is 0.404. The van der Waals surface area contributed by atoms with Crippen molar-refractivity contribution in [2.45, 2.75) is 0 Å². The van der Waals surface area contributed by atoms with Crippen molar-refractivity contribution in [3.05, 3.63) is 39.4 Å². The van der Waals surface area contributed by atoms with E-state index in [1.54, 1.807) is 4.90 Å². The molecule has 1 aliphatic heterocycles. The topological polar surface area (TPSA) is 89.8 Å². The Labute approximate surface area is 108 Å². The van der Waals surface area contributed by atoms with Crippen LogP contribution in [-0.4, -0.2) is 48.3 Å². The van der Waals surface area contributed by atoms with Crippen LogP contribution in [0.2, 0.25) is 0 Å². The molecular weight excluding hydrogens is 252 g/mol. The van der Waals surface area contributed by atoms with Gasteiger partial charge in [0.15, 0.2) is 6.29 Å². The van der Waals surface area contributed by atoms with Gasteiger partial charge in [-0.05, 0) is 12.1 Å². The summed E-state index contributed by atoms with van der Waals surface area (Å²) in [6.45, 7) is 1.84. The second kappa shape index (κ2) is 5.57. The smallest absolute Gasteiger partial charge is 0.280 e. The van der Waals surface area contributed by atoms with Gasteiger partial charge in [0.05, 0.1) is 23.7 Å². The molecule has 1 aromatic carbocycles. The molecule has 2 rings (SSSR count). The highest BCUT2D eigenvalue weighted by Crippen LogP contribution is 2.20. The molecule has 0 saturated carbocycles. The summed E-state index contributed by atoms with van der Waals surface area (Å²) >= 11 is 0. The summed E-state index contributed by atoms with van der Waals surface area (Å²) in [5.41, 5.74) is -0.183. The van der Waals surface area contributed by atoms with E-state index in [9.17, 15) is 19.7 Å². The normalized spacial score (nSPS) is 15.1. The first-order valence-corrected chi connectivity index (χ1v) is 5.74. The maximum atomic E-state index is 12.1. The molecule has 0 aromatic heterocycles. The molecule has 1 heterocycles. The van der Waals surface area contributed by atoms with Gasteiger partial charge in [-0.15, -0.1) is 0 Å². The Balaban J connectivity index is 2.29. The molecular formula is C12H12N2O5. The van der Waals surface area contributed by atoms with Crippen LogP contribution < -0.4 is 0 Å². The lowest BCUT2D eigenvalue weighted by atomic mass is 10.1. The van der Waals surface area contributed by atoms with E-state index in [-0.39, 0.29) is 22.7 Å². The molecule has 0 aliphatic carbocycles. The molecule has 0 spiro atoms. The van der Waals surface area contributed by atoms with Crippen molar-refractivity contribution in [3.63, 3.8) is 0 Å². The third kappa shape index (κ3) is 2.76. The Morgan fingerprint density at radius 2 is 2.05 bits per heavy atom. The molecule has 1 amide bonds. The minimum Gasteiger partial charge on any atom is -0.378 e. The molecule has 7 nitrogen and oxygen atoms in total. The van der Waals surface area contributed by atoms with Crippen molar-refractivity contribution in [2.75, 3.05) is 26.3 Å². The van der Waals surface area contributed by atoms with Gasteiger partial charge in [0.1, 0.15) is 0 Å². The molecule has 0 radical (unpaired) electrons. The SMILES string of the molecule is O=Cc1ccc(C(=O)N2CCOCC2)cc1[N+](=O)[O-]. The number of nitrogens with zero attached hydrogens (tertiary/aromatic N) is 2. The fraction of sp³-hybridized carbons (Fsp3) is 0.333. The van der Waals surface area contributed by atoms with Gasteiger partial charge < -0.3 is 9.64 Å². The van der Waals surface area contributed by atoms with Gasteiger partial charge in [-0.1, -0.05) is 0 Å². The van der Waals surface area contributed by atoms with Gasteiger partial charge >= 0.3 is 0 Å². The zero-order valence-corrected chi connectivity index (χ0v) is 10.1. The van der Waals surface area contributed by atoms with Gasteiger partial charge in [0, 0.05) is 24.7 Å². The number of hydrogen-bond acceptors (Lipinski definition) is 5. The Kier molecular flexibility index (Phi) is 3.86. The first-order valence-electron chi connectivity index (χ1n) is 5.74. The monoisotopic (exact) mass is 264 g/mol. The summed E-state index contributed by atoms with van der Waals surface area (Å²) in [4.78, 5) is 34.6. The van der Waals surface area contributed by atoms with Crippen molar-refractivity contribution in [1.29, 1.82) is 0 Å². The van der Waals surface area contributed by atoms with Crippen molar-refractivity contribution >= 4 is 17.9 Å². The average molecular weight is 264 g/mol. The van der Waals surface area contributed by atoms with E-state index in [2.05, 4.69) is 0 Å². The van der Waals surface area contributed by atoms with Gasteiger partial charge in [-0.25, -0.2) is 0 Å². The number of nitro benzene ring substituents is 1. The number of morpholine rings is 1. The zero-order valence-electron chi connectivity index (χ0n) is 10.1. The van der Waals surface area contributed by atoms with Crippen LogP contribution in [0.1, 0.15) is 20.7 Å². The fourth-order valence-corrected chi connectivity index (χ4v) is 1.88. The van der Waals surface area contributed by atoms with E-state index < -0.39 is 4.92 Å². The number of amides is 1. The zero-order chi connectivity index (χ0) is 13.8. The molecule has 7 heteroatoms. The summed E-state index contributed by atoms with van der Waals surface area (Å²) in [5.74, 6) is -0.288.